The number of nitrogen functional groups attached to an aromatic ring is 1. The summed E-state index contributed by atoms with van der Waals surface area (Å²) in [6.07, 6.45) is 1.38. The van der Waals surface area contributed by atoms with Gasteiger partial charge in [0.15, 0.2) is 5.82 Å². The molecule has 2 aromatic rings. The van der Waals surface area contributed by atoms with E-state index in [1.54, 1.807) is 12.1 Å². The number of hydrazine groups is 1. The third-order valence-electron chi connectivity index (χ3n) is 2.22. The SMILES string of the molecule is NNc1ncc(Cl)c(Nc2ccc(OC(F)F)cc2)n1. The van der Waals surface area contributed by atoms with Gasteiger partial charge in [-0.3, -0.25) is 5.43 Å². The molecule has 0 unspecified atom stereocenters. The van der Waals surface area contributed by atoms with Crippen molar-refractivity contribution in [3.63, 3.8) is 0 Å². The number of hydrogen-bond acceptors (Lipinski definition) is 6. The molecule has 0 saturated carbocycles. The third-order valence-corrected chi connectivity index (χ3v) is 2.49. The number of hydrogen-bond donors (Lipinski definition) is 3. The van der Waals surface area contributed by atoms with Gasteiger partial charge in [0, 0.05) is 5.69 Å². The molecule has 20 heavy (non-hydrogen) atoms. The van der Waals surface area contributed by atoms with Crippen LogP contribution < -0.4 is 21.3 Å². The number of nitrogens with two attached hydrogens (primary N) is 1. The van der Waals surface area contributed by atoms with Crippen LogP contribution in [0.3, 0.4) is 0 Å². The Labute approximate surface area is 117 Å². The normalized spacial score (nSPS) is 10.4. The molecular weight excluding hydrogens is 292 g/mol. The van der Waals surface area contributed by atoms with Crippen LogP contribution >= 0.6 is 11.6 Å². The van der Waals surface area contributed by atoms with Crippen LogP contribution in [0.2, 0.25) is 5.02 Å². The first-order valence-electron chi connectivity index (χ1n) is 5.39. The minimum Gasteiger partial charge on any atom is -0.435 e. The van der Waals surface area contributed by atoms with Crippen molar-refractivity contribution in [2.24, 2.45) is 5.84 Å². The Morgan fingerprint density at radius 2 is 1.95 bits per heavy atom. The number of nitrogens with zero attached hydrogens (tertiary/aromatic N) is 2. The summed E-state index contributed by atoms with van der Waals surface area (Å²) in [5.74, 6) is 5.77. The van der Waals surface area contributed by atoms with Crippen LogP contribution in [0.25, 0.3) is 0 Å². The fourth-order valence-corrected chi connectivity index (χ4v) is 1.52. The van der Waals surface area contributed by atoms with Crippen LogP contribution in [-0.2, 0) is 0 Å². The highest BCUT2D eigenvalue weighted by atomic mass is 35.5. The molecule has 0 atom stereocenters. The van der Waals surface area contributed by atoms with E-state index in [1.165, 1.54) is 18.3 Å². The van der Waals surface area contributed by atoms with E-state index in [9.17, 15) is 8.78 Å². The van der Waals surface area contributed by atoms with Crippen LogP contribution in [-0.4, -0.2) is 16.6 Å². The van der Waals surface area contributed by atoms with E-state index in [1.807, 2.05) is 0 Å². The molecule has 0 radical (unpaired) electrons. The predicted octanol–water partition coefficient (Wildman–Crippen LogP) is 2.76. The molecule has 0 bridgehead atoms. The fourth-order valence-electron chi connectivity index (χ4n) is 1.38. The summed E-state index contributed by atoms with van der Waals surface area (Å²) in [5, 5.41) is 3.19. The smallest absolute Gasteiger partial charge is 0.387 e. The number of anilines is 3. The van der Waals surface area contributed by atoms with E-state index in [0.717, 1.165) is 0 Å². The van der Waals surface area contributed by atoms with Crippen LogP contribution in [0, 0.1) is 0 Å². The van der Waals surface area contributed by atoms with Crippen molar-refractivity contribution in [1.29, 1.82) is 0 Å². The minimum atomic E-state index is -2.86. The standard InChI is InChI=1S/C11H10ClF2N5O/c12-8-5-16-11(19-15)18-9(8)17-6-1-3-7(4-2-6)20-10(13)14/h1-5,10H,15H2,(H2,16,17,18,19). The van der Waals surface area contributed by atoms with Crippen LogP contribution in [0.5, 0.6) is 5.75 Å². The van der Waals surface area contributed by atoms with Crippen molar-refractivity contribution in [2.45, 2.75) is 6.61 Å². The van der Waals surface area contributed by atoms with Gasteiger partial charge < -0.3 is 10.1 Å². The molecule has 0 saturated heterocycles. The molecule has 0 aliphatic heterocycles. The molecule has 1 aromatic heterocycles. The summed E-state index contributed by atoms with van der Waals surface area (Å²) in [4.78, 5) is 7.84. The molecule has 0 fully saturated rings. The third kappa shape index (κ3) is 3.65. The van der Waals surface area contributed by atoms with E-state index >= 15 is 0 Å². The number of rotatable bonds is 5. The molecule has 0 aliphatic carbocycles. The molecule has 9 heteroatoms. The van der Waals surface area contributed by atoms with E-state index < -0.39 is 6.61 Å². The van der Waals surface area contributed by atoms with Crippen molar-refractivity contribution in [3.8, 4) is 5.75 Å². The molecule has 4 N–H and O–H groups in total. The Morgan fingerprint density at radius 1 is 1.25 bits per heavy atom. The van der Waals surface area contributed by atoms with Crippen LogP contribution in [0.15, 0.2) is 30.5 Å². The first kappa shape index (κ1) is 14.2. The van der Waals surface area contributed by atoms with Gasteiger partial charge in [-0.05, 0) is 24.3 Å². The van der Waals surface area contributed by atoms with Crippen molar-refractivity contribution in [2.75, 3.05) is 10.7 Å². The zero-order valence-corrected chi connectivity index (χ0v) is 10.7. The Kier molecular flexibility index (Phi) is 4.49. The van der Waals surface area contributed by atoms with Crippen molar-refractivity contribution >= 4 is 29.1 Å². The Bertz CT molecular complexity index is 582. The van der Waals surface area contributed by atoms with Gasteiger partial charge in [-0.15, -0.1) is 0 Å². The average Bonchev–Trinajstić information content (AvgIpc) is 2.43. The summed E-state index contributed by atoms with van der Waals surface area (Å²) >= 11 is 5.92. The highest BCUT2D eigenvalue weighted by Gasteiger charge is 2.07. The molecule has 6 nitrogen and oxygen atoms in total. The van der Waals surface area contributed by atoms with Gasteiger partial charge in [0.05, 0.1) is 6.20 Å². The zero-order valence-electron chi connectivity index (χ0n) is 9.98. The van der Waals surface area contributed by atoms with Gasteiger partial charge in [0.2, 0.25) is 5.95 Å². The predicted molar refractivity (Wildman–Crippen MR) is 71.2 cm³/mol. The minimum absolute atomic E-state index is 0.0589. The summed E-state index contributed by atoms with van der Waals surface area (Å²) in [6, 6.07) is 5.88. The summed E-state index contributed by atoms with van der Waals surface area (Å²) in [5.41, 5.74) is 2.88. The molecule has 0 aliphatic rings. The second kappa shape index (κ2) is 6.31. The van der Waals surface area contributed by atoms with Crippen LogP contribution in [0.4, 0.5) is 26.2 Å². The quantitative estimate of drug-likeness (QED) is 0.581. The van der Waals surface area contributed by atoms with E-state index in [-0.39, 0.29) is 16.7 Å². The Balaban J connectivity index is 2.13. The van der Waals surface area contributed by atoms with Crippen molar-refractivity contribution < 1.29 is 13.5 Å². The zero-order chi connectivity index (χ0) is 14.5. The second-order valence-corrected chi connectivity index (χ2v) is 3.97. The first-order chi connectivity index (χ1) is 9.58. The lowest BCUT2D eigenvalue weighted by molar-refractivity contribution is -0.0498. The topological polar surface area (TPSA) is 85.1 Å². The van der Waals surface area contributed by atoms with Gasteiger partial charge in [0.25, 0.3) is 0 Å². The average molecular weight is 302 g/mol. The summed E-state index contributed by atoms with van der Waals surface area (Å²) < 4.78 is 28.3. The lowest BCUT2D eigenvalue weighted by atomic mass is 10.3. The largest absolute Gasteiger partial charge is 0.435 e. The van der Waals surface area contributed by atoms with E-state index in [4.69, 9.17) is 17.4 Å². The Hall–Kier alpha value is -2.19. The lowest BCUT2D eigenvalue weighted by Gasteiger charge is -2.09. The molecule has 1 aromatic carbocycles. The maximum Gasteiger partial charge on any atom is 0.387 e. The second-order valence-electron chi connectivity index (χ2n) is 3.56. The Morgan fingerprint density at radius 3 is 2.55 bits per heavy atom. The maximum atomic E-state index is 12.0. The first-order valence-corrected chi connectivity index (χ1v) is 5.77. The van der Waals surface area contributed by atoms with E-state index in [2.05, 4.69) is 25.4 Å². The van der Waals surface area contributed by atoms with Gasteiger partial charge in [-0.1, -0.05) is 11.6 Å². The number of benzene rings is 1. The highest BCUT2D eigenvalue weighted by molar-refractivity contribution is 6.32. The molecule has 106 valence electrons. The molecular formula is C11H10ClF2N5O. The number of halogens is 3. The van der Waals surface area contributed by atoms with Gasteiger partial charge >= 0.3 is 6.61 Å². The fraction of sp³-hybridized carbons (Fsp3) is 0.0909. The van der Waals surface area contributed by atoms with Gasteiger partial charge in [0.1, 0.15) is 10.8 Å². The maximum absolute atomic E-state index is 12.0. The lowest BCUT2D eigenvalue weighted by Crippen LogP contribution is -2.11. The summed E-state index contributed by atoms with van der Waals surface area (Å²) in [7, 11) is 0. The molecule has 0 spiro atoms. The van der Waals surface area contributed by atoms with Crippen molar-refractivity contribution in [1.82, 2.24) is 9.97 Å². The van der Waals surface area contributed by atoms with Gasteiger partial charge in [-0.2, -0.15) is 13.8 Å². The van der Waals surface area contributed by atoms with Gasteiger partial charge in [-0.25, -0.2) is 10.8 Å². The van der Waals surface area contributed by atoms with Crippen LogP contribution in [0.1, 0.15) is 0 Å². The van der Waals surface area contributed by atoms with E-state index in [0.29, 0.717) is 11.5 Å². The number of alkyl halides is 2. The highest BCUT2D eigenvalue weighted by Crippen LogP contribution is 2.25. The number of aromatic nitrogens is 2. The number of ether oxygens (including phenoxy) is 1. The molecule has 2 rings (SSSR count). The molecule has 0 amide bonds. The number of nitrogens with one attached hydrogen (secondary N) is 2. The molecule has 1 heterocycles. The summed E-state index contributed by atoms with van der Waals surface area (Å²) in [6.45, 7) is -2.86. The monoisotopic (exact) mass is 301 g/mol. The van der Waals surface area contributed by atoms with Crippen molar-refractivity contribution in [3.05, 3.63) is 35.5 Å².